The van der Waals surface area contributed by atoms with Crippen LogP contribution < -0.4 is 5.32 Å². The Morgan fingerprint density at radius 2 is 2.10 bits per heavy atom. The molecule has 0 aromatic heterocycles. The van der Waals surface area contributed by atoms with Crippen LogP contribution in [0.2, 0.25) is 0 Å². The first-order valence-electron chi connectivity index (χ1n) is 6.84. The predicted octanol–water partition coefficient (Wildman–Crippen LogP) is 1.07. The zero-order valence-corrected chi connectivity index (χ0v) is 11.3. The molecule has 1 heterocycles. The van der Waals surface area contributed by atoms with E-state index < -0.39 is 12.1 Å². The van der Waals surface area contributed by atoms with Gasteiger partial charge in [0.1, 0.15) is 0 Å². The minimum Gasteiger partial charge on any atom is -0.454 e. The maximum Gasteiger partial charge on any atom is 0.335 e. The minimum absolute atomic E-state index is 0.243. The fourth-order valence-electron chi connectivity index (χ4n) is 2.04. The average molecular weight is 277 g/mol. The van der Waals surface area contributed by atoms with Crippen LogP contribution in [0.1, 0.15) is 18.4 Å². The second-order valence-electron chi connectivity index (χ2n) is 4.69. The number of hydrogen-bond donors (Lipinski definition) is 1. The molecule has 1 N–H and O–H groups in total. The van der Waals surface area contributed by atoms with Gasteiger partial charge in [0, 0.05) is 13.2 Å². The van der Waals surface area contributed by atoms with Gasteiger partial charge in [-0.05, 0) is 24.8 Å². The van der Waals surface area contributed by atoms with Crippen LogP contribution in [0, 0.1) is 0 Å². The number of benzene rings is 1. The lowest BCUT2D eigenvalue weighted by molar-refractivity contribution is -0.157. The van der Waals surface area contributed by atoms with Gasteiger partial charge in [-0.1, -0.05) is 30.3 Å². The van der Waals surface area contributed by atoms with Gasteiger partial charge in [0.2, 0.25) is 0 Å². The van der Waals surface area contributed by atoms with Crippen molar-refractivity contribution in [2.45, 2.75) is 25.4 Å². The smallest absolute Gasteiger partial charge is 0.335 e. The molecular weight excluding hydrogens is 258 g/mol. The fourth-order valence-corrected chi connectivity index (χ4v) is 2.04. The SMILES string of the molecule is O=C(COC(=O)[C@H]1CCCO1)NCCc1ccccc1. The normalized spacial score (nSPS) is 17.7. The predicted molar refractivity (Wildman–Crippen MR) is 73.1 cm³/mol. The zero-order valence-electron chi connectivity index (χ0n) is 11.3. The molecule has 1 aliphatic heterocycles. The van der Waals surface area contributed by atoms with E-state index in [9.17, 15) is 9.59 Å². The first-order valence-corrected chi connectivity index (χ1v) is 6.84. The lowest BCUT2D eigenvalue weighted by Crippen LogP contribution is -2.32. The van der Waals surface area contributed by atoms with E-state index in [1.165, 1.54) is 0 Å². The number of hydrogen-bond acceptors (Lipinski definition) is 4. The minimum atomic E-state index is -0.493. The van der Waals surface area contributed by atoms with Gasteiger partial charge in [-0.15, -0.1) is 0 Å². The highest BCUT2D eigenvalue weighted by Gasteiger charge is 2.25. The first-order chi connectivity index (χ1) is 9.75. The summed E-state index contributed by atoms with van der Waals surface area (Å²) in [5.74, 6) is -0.729. The van der Waals surface area contributed by atoms with E-state index in [-0.39, 0.29) is 12.5 Å². The van der Waals surface area contributed by atoms with Gasteiger partial charge in [-0.2, -0.15) is 0 Å². The topological polar surface area (TPSA) is 64.6 Å². The van der Waals surface area contributed by atoms with Gasteiger partial charge in [-0.25, -0.2) is 4.79 Å². The van der Waals surface area contributed by atoms with E-state index in [1.54, 1.807) is 0 Å². The molecule has 5 nitrogen and oxygen atoms in total. The van der Waals surface area contributed by atoms with Crippen LogP contribution in [0.4, 0.5) is 0 Å². The van der Waals surface area contributed by atoms with Gasteiger partial charge < -0.3 is 14.8 Å². The Bertz CT molecular complexity index is 440. The number of carbonyl (C=O) groups is 2. The van der Waals surface area contributed by atoms with Crippen LogP contribution in [0.3, 0.4) is 0 Å². The number of carbonyl (C=O) groups excluding carboxylic acids is 2. The standard InChI is InChI=1S/C15H19NO4/c17-14(11-20-15(18)13-7-4-10-19-13)16-9-8-12-5-2-1-3-6-12/h1-3,5-6,13H,4,7-11H2,(H,16,17)/t13-/m1/s1. The molecular formula is C15H19NO4. The molecule has 0 radical (unpaired) electrons. The molecule has 1 amide bonds. The van der Waals surface area contributed by atoms with Crippen molar-refractivity contribution in [2.24, 2.45) is 0 Å². The summed E-state index contributed by atoms with van der Waals surface area (Å²) in [7, 11) is 0. The van der Waals surface area contributed by atoms with Crippen molar-refractivity contribution in [2.75, 3.05) is 19.8 Å². The number of esters is 1. The summed E-state index contributed by atoms with van der Waals surface area (Å²) in [4.78, 5) is 23.0. The lowest BCUT2D eigenvalue weighted by atomic mass is 10.1. The van der Waals surface area contributed by atoms with E-state index >= 15 is 0 Å². The lowest BCUT2D eigenvalue weighted by Gasteiger charge is -2.10. The molecule has 0 bridgehead atoms. The molecule has 0 saturated carbocycles. The van der Waals surface area contributed by atoms with Gasteiger partial charge in [-0.3, -0.25) is 4.79 Å². The van der Waals surface area contributed by atoms with Crippen LogP contribution in [-0.4, -0.2) is 37.7 Å². The third kappa shape index (κ3) is 4.66. The molecule has 1 aromatic rings. The number of amides is 1. The van der Waals surface area contributed by atoms with Crippen molar-refractivity contribution in [3.8, 4) is 0 Å². The average Bonchev–Trinajstić information content (AvgIpc) is 3.00. The molecule has 1 atom stereocenters. The largest absolute Gasteiger partial charge is 0.454 e. The molecule has 0 unspecified atom stereocenters. The Morgan fingerprint density at radius 3 is 2.80 bits per heavy atom. The highest BCUT2D eigenvalue weighted by atomic mass is 16.6. The highest BCUT2D eigenvalue weighted by Crippen LogP contribution is 2.12. The molecule has 5 heteroatoms. The summed E-state index contributed by atoms with van der Waals surface area (Å²) in [6.45, 7) is 0.872. The van der Waals surface area contributed by atoms with Crippen molar-refractivity contribution < 1.29 is 19.1 Å². The summed E-state index contributed by atoms with van der Waals surface area (Å²) in [5, 5.41) is 2.72. The van der Waals surface area contributed by atoms with Crippen molar-refractivity contribution in [3.63, 3.8) is 0 Å². The summed E-state index contributed by atoms with van der Waals surface area (Å²) in [6.07, 6.45) is 1.80. The molecule has 20 heavy (non-hydrogen) atoms. The monoisotopic (exact) mass is 277 g/mol. The first kappa shape index (κ1) is 14.5. The van der Waals surface area contributed by atoms with Crippen LogP contribution in [0.5, 0.6) is 0 Å². The van der Waals surface area contributed by atoms with Gasteiger partial charge in [0.15, 0.2) is 12.7 Å². The van der Waals surface area contributed by atoms with Crippen molar-refractivity contribution in [1.82, 2.24) is 5.32 Å². The maximum absolute atomic E-state index is 11.5. The Balaban J connectivity index is 1.59. The quantitative estimate of drug-likeness (QED) is 0.790. The zero-order chi connectivity index (χ0) is 14.2. The summed E-state index contributed by atoms with van der Waals surface area (Å²) >= 11 is 0. The van der Waals surface area contributed by atoms with Crippen molar-refractivity contribution in [1.29, 1.82) is 0 Å². The molecule has 1 aliphatic rings. The molecule has 0 spiro atoms. The second kappa shape index (κ2) is 7.65. The van der Waals surface area contributed by atoms with E-state index in [1.807, 2.05) is 30.3 Å². The van der Waals surface area contributed by atoms with E-state index in [0.717, 1.165) is 18.4 Å². The number of nitrogens with one attached hydrogen (secondary N) is 1. The summed E-state index contributed by atoms with van der Waals surface area (Å²) in [6, 6.07) is 9.88. The molecule has 108 valence electrons. The fraction of sp³-hybridized carbons (Fsp3) is 0.467. The molecule has 1 aromatic carbocycles. The molecule has 0 aliphatic carbocycles. The number of ether oxygens (including phenoxy) is 2. The van der Waals surface area contributed by atoms with Crippen LogP contribution in [0.25, 0.3) is 0 Å². The maximum atomic E-state index is 11.5. The van der Waals surface area contributed by atoms with Crippen molar-refractivity contribution in [3.05, 3.63) is 35.9 Å². The molecule has 2 rings (SSSR count). The van der Waals surface area contributed by atoms with E-state index in [4.69, 9.17) is 9.47 Å². The van der Waals surface area contributed by atoms with Gasteiger partial charge in [0.25, 0.3) is 5.91 Å². The Kier molecular flexibility index (Phi) is 5.55. The van der Waals surface area contributed by atoms with E-state index in [0.29, 0.717) is 19.6 Å². The number of rotatable bonds is 6. The Labute approximate surface area is 118 Å². The highest BCUT2D eigenvalue weighted by molar-refractivity contribution is 5.82. The second-order valence-corrected chi connectivity index (χ2v) is 4.69. The van der Waals surface area contributed by atoms with Gasteiger partial charge in [0.05, 0.1) is 0 Å². The molecule has 1 fully saturated rings. The van der Waals surface area contributed by atoms with Crippen molar-refractivity contribution >= 4 is 11.9 Å². The van der Waals surface area contributed by atoms with E-state index in [2.05, 4.69) is 5.32 Å². The third-order valence-electron chi connectivity index (χ3n) is 3.12. The van der Waals surface area contributed by atoms with Crippen LogP contribution in [0.15, 0.2) is 30.3 Å². The van der Waals surface area contributed by atoms with Crippen LogP contribution >= 0.6 is 0 Å². The summed E-state index contributed by atoms with van der Waals surface area (Å²) in [5.41, 5.74) is 1.16. The Hall–Kier alpha value is -1.88. The van der Waals surface area contributed by atoms with Gasteiger partial charge >= 0.3 is 5.97 Å². The summed E-state index contributed by atoms with van der Waals surface area (Å²) < 4.78 is 10.1. The Morgan fingerprint density at radius 1 is 1.30 bits per heavy atom. The third-order valence-corrected chi connectivity index (χ3v) is 3.12. The molecule has 1 saturated heterocycles. The van der Waals surface area contributed by atoms with Crippen LogP contribution in [-0.2, 0) is 25.5 Å².